The summed E-state index contributed by atoms with van der Waals surface area (Å²) in [4.78, 5) is 6.59. The summed E-state index contributed by atoms with van der Waals surface area (Å²) in [5, 5.41) is 13.9. The zero-order valence-corrected chi connectivity index (χ0v) is 19.3. The molecule has 2 aromatic heterocycles. The lowest BCUT2D eigenvalue weighted by Crippen LogP contribution is -2.26. The monoisotopic (exact) mass is 462 g/mol. The molecule has 0 saturated heterocycles. The lowest BCUT2D eigenvalue weighted by molar-refractivity contribution is 0.318. The van der Waals surface area contributed by atoms with E-state index in [9.17, 15) is 8.94 Å². The first-order valence-corrected chi connectivity index (χ1v) is 11.7. The molecule has 0 aliphatic rings. The van der Waals surface area contributed by atoms with Crippen molar-refractivity contribution in [2.24, 2.45) is 0 Å². The Morgan fingerprint density at radius 1 is 1.03 bits per heavy atom. The van der Waals surface area contributed by atoms with Gasteiger partial charge >= 0.3 is 0 Å². The van der Waals surface area contributed by atoms with Crippen LogP contribution in [0.15, 0.2) is 48.7 Å². The van der Waals surface area contributed by atoms with Gasteiger partial charge in [-0.25, -0.2) is 9.37 Å². The van der Waals surface area contributed by atoms with Gasteiger partial charge in [-0.2, -0.15) is 0 Å². The molecule has 0 aliphatic heterocycles. The highest BCUT2D eigenvalue weighted by Crippen LogP contribution is 2.22. The number of halogens is 1. The Hall–Kier alpha value is -2.82. The fraction of sp³-hybridized carbons (Fsp3) is 0.409. The van der Waals surface area contributed by atoms with Crippen LogP contribution in [0.4, 0.5) is 21.8 Å². The minimum Gasteiger partial charge on any atom is -0.546 e. The van der Waals surface area contributed by atoms with Crippen molar-refractivity contribution in [3.05, 3.63) is 60.0 Å². The number of hydrogen-bond acceptors (Lipinski definition) is 8. The van der Waals surface area contributed by atoms with Crippen LogP contribution in [0.5, 0.6) is 0 Å². The first kappa shape index (κ1) is 25.4. The molecule has 10 heteroatoms. The molecule has 0 aliphatic carbocycles. The van der Waals surface area contributed by atoms with Gasteiger partial charge in [-0.1, -0.05) is 25.1 Å². The van der Waals surface area contributed by atoms with Crippen LogP contribution < -0.4 is 15.5 Å². The van der Waals surface area contributed by atoms with Gasteiger partial charge in [0.2, 0.25) is 11.6 Å². The van der Waals surface area contributed by atoms with Crippen LogP contribution in [-0.4, -0.2) is 49.6 Å². The number of hydrogen-bond donors (Lipinski definition) is 3. The predicted octanol–water partition coefficient (Wildman–Crippen LogP) is 4.07. The van der Waals surface area contributed by atoms with Gasteiger partial charge in [-0.15, -0.1) is 0 Å². The molecule has 0 fully saturated rings. The number of pyridine rings is 1. The van der Waals surface area contributed by atoms with Crippen molar-refractivity contribution in [3.63, 3.8) is 0 Å². The molecule has 8 nitrogen and oxygen atoms in total. The van der Waals surface area contributed by atoms with E-state index in [0.29, 0.717) is 24.7 Å². The molecule has 0 radical (unpaired) electrons. The van der Waals surface area contributed by atoms with Crippen molar-refractivity contribution in [3.8, 4) is 0 Å². The van der Waals surface area contributed by atoms with Crippen LogP contribution in [0.3, 0.4) is 0 Å². The van der Waals surface area contributed by atoms with Crippen LogP contribution >= 0.6 is 11.1 Å². The molecule has 0 amide bonds. The van der Waals surface area contributed by atoms with Gasteiger partial charge in [0.05, 0.1) is 0 Å². The summed E-state index contributed by atoms with van der Waals surface area (Å²) >= 11 is -1.56. The highest BCUT2D eigenvalue weighted by Gasteiger charge is 2.15. The topological polar surface area (TPSA) is 109 Å². The zero-order valence-electron chi connectivity index (χ0n) is 18.5. The van der Waals surface area contributed by atoms with Crippen LogP contribution in [0.25, 0.3) is 0 Å². The van der Waals surface area contributed by atoms with Crippen LogP contribution in [0.1, 0.15) is 32.3 Å². The Morgan fingerprint density at radius 2 is 1.69 bits per heavy atom. The molecule has 0 saturated carbocycles. The molecule has 1 atom stereocenters. The van der Waals surface area contributed by atoms with Crippen LogP contribution in [0.2, 0.25) is 0 Å². The summed E-state index contributed by atoms with van der Waals surface area (Å²) in [5.74, 6) is 1.71. The minimum atomic E-state index is -1.56. The van der Waals surface area contributed by atoms with E-state index in [1.54, 1.807) is 25.3 Å². The van der Waals surface area contributed by atoms with Crippen molar-refractivity contribution in [1.82, 2.24) is 13.7 Å². The van der Waals surface area contributed by atoms with E-state index in [1.807, 2.05) is 18.2 Å². The second kappa shape index (κ2) is 14.3. The van der Waals surface area contributed by atoms with Crippen molar-refractivity contribution in [1.29, 1.82) is 0 Å². The highest BCUT2D eigenvalue weighted by molar-refractivity contribution is 7.14. The van der Waals surface area contributed by atoms with Crippen molar-refractivity contribution < 1.29 is 14.0 Å². The number of aromatic nitrogens is 3. The fourth-order valence-corrected chi connectivity index (χ4v) is 3.50. The third kappa shape index (κ3) is 8.74. The number of rotatable bonds is 11. The molecule has 3 aromatic rings. The molecule has 3 rings (SSSR count). The van der Waals surface area contributed by atoms with Crippen molar-refractivity contribution in [2.75, 3.05) is 41.8 Å². The second-order valence-corrected chi connectivity index (χ2v) is 7.70. The van der Waals surface area contributed by atoms with E-state index in [-0.39, 0.29) is 12.4 Å². The van der Waals surface area contributed by atoms with E-state index in [2.05, 4.69) is 36.2 Å². The SMILES string of the molecule is CCCNc1n[s+]([O-])nc1NCCCN(Cc1ccc(F)cc1)c1ccccn1.CCO. The number of nitrogens with one attached hydrogen (secondary N) is 2. The van der Waals surface area contributed by atoms with Crippen molar-refractivity contribution in [2.45, 2.75) is 33.2 Å². The van der Waals surface area contributed by atoms with Gasteiger partial charge in [-0.05, 0) is 49.6 Å². The average Bonchev–Trinajstić information content (AvgIpc) is 3.16. The normalized spacial score (nSPS) is 10.8. The highest BCUT2D eigenvalue weighted by atomic mass is 32.2. The van der Waals surface area contributed by atoms with Gasteiger partial charge < -0.3 is 25.2 Å². The summed E-state index contributed by atoms with van der Waals surface area (Å²) in [7, 11) is 0. The molecular formula is C22H31FN6O2S. The van der Waals surface area contributed by atoms with E-state index >= 15 is 0 Å². The standard InChI is InChI=1S/C20H25FN6OS.C2H6O/c1-2-11-23-19-20(26-29(28)25-19)24-13-5-14-27(18-6-3-4-12-22-18)15-16-7-9-17(21)10-8-16;1-2-3/h3-4,6-10,12H,2,5,11,13-15H2,1H3,(H,23,25)(H,24,26);3H,2H2,1H3. The lowest BCUT2D eigenvalue weighted by atomic mass is 10.2. The largest absolute Gasteiger partial charge is 0.546 e. The third-order valence-corrected chi connectivity index (χ3v) is 4.94. The number of benzene rings is 1. The van der Waals surface area contributed by atoms with E-state index < -0.39 is 11.1 Å². The Balaban J connectivity index is 0.00000114. The maximum Gasteiger partial charge on any atom is 0.232 e. The van der Waals surface area contributed by atoms with E-state index in [0.717, 1.165) is 37.3 Å². The number of aliphatic hydroxyl groups excluding tert-OH is 1. The van der Waals surface area contributed by atoms with Gasteiger partial charge in [0.1, 0.15) is 11.6 Å². The lowest BCUT2D eigenvalue weighted by Gasteiger charge is -2.24. The molecular weight excluding hydrogens is 431 g/mol. The molecule has 2 heterocycles. The van der Waals surface area contributed by atoms with Gasteiger partial charge in [0, 0.05) is 47.7 Å². The zero-order chi connectivity index (χ0) is 23.2. The van der Waals surface area contributed by atoms with E-state index in [1.165, 1.54) is 12.1 Å². The Bertz CT molecular complexity index is 895. The molecule has 174 valence electrons. The van der Waals surface area contributed by atoms with Gasteiger partial charge in [-0.3, -0.25) is 0 Å². The molecule has 1 aromatic carbocycles. The summed E-state index contributed by atoms with van der Waals surface area (Å²) in [5.41, 5.74) is 1.01. The van der Waals surface area contributed by atoms with Crippen LogP contribution in [0, 0.1) is 5.82 Å². The number of aliphatic hydroxyl groups is 1. The average molecular weight is 463 g/mol. The summed E-state index contributed by atoms with van der Waals surface area (Å²) in [6.45, 7) is 6.76. The quantitative estimate of drug-likeness (QED) is 0.289. The van der Waals surface area contributed by atoms with Gasteiger partial charge in [0.25, 0.3) is 0 Å². The second-order valence-electron chi connectivity index (χ2n) is 6.87. The first-order chi connectivity index (χ1) is 15.6. The Kier molecular flexibility index (Phi) is 11.4. The third-order valence-electron chi connectivity index (χ3n) is 4.26. The summed E-state index contributed by atoms with van der Waals surface area (Å²) < 4.78 is 32.8. The molecule has 3 N–H and O–H groups in total. The summed E-state index contributed by atoms with van der Waals surface area (Å²) in [6.07, 6.45) is 3.52. The summed E-state index contributed by atoms with van der Waals surface area (Å²) in [6, 6.07) is 12.3. The minimum absolute atomic E-state index is 0.244. The van der Waals surface area contributed by atoms with Crippen LogP contribution in [-0.2, 0) is 6.54 Å². The Morgan fingerprint density at radius 3 is 2.28 bits per heavy atom. The fourth-order valence-electron chi connectivity index (χ4n) is 2.84. The Labute approximate surface area is 191 Å². The molecule has 32 heavy (non-hydrogen) atoms. The van der Waals surface area contributed by atoms with E-state index in [4.69, 9.17) is 5.11 Å². The maximum atomic E-state index is 13.2. The molecule has 0 spiro atoms. The number of anilines is 3. The predicted molar refractivity (Wildman–Crippen MR) is 127 cm³/mol. The van der Waals surface area contributed by atoms with Crippen molar-refractivity contribution >= 4 is 28.6 Å². The number of nitrogens with zero attached hydrogens (tertiary/aromatic N) is 4. The maximum absolute atomic E-state index is 13.2. The molecule has 0 bridgehead atoms. The first-order valence-electron chi connectivity index (χ1n) is 10.7. The van der Waals surface area contributed by atoms with Gasteiger partial charge in [0.15, 0.2) is 11.1 Å². The molecule has 1 unspecified atom stereocenters. The smallest absolute Gasteiger partial charge is 0.232 e.